The van der Waals surface area contributed by atoms with Crippen LogP contribution in [-0.2, 0) is 0 Å². The van der Waals surface area contributed by atoms with Crippen LogP contribution in [0.15, 0.2) is 109 Å². The van der Waals surface area contributed by atoms with E-state index in [0.717, 1.165) is 22.3 Å². The molecule has 0 atom stereocenters. The van der Waals surface area contributed by atoms with Gasteiger partial charge in [0.1, 0.15) is 0 Å². The molecule has 0 saturated carbocycles. The third-order valence-corrected chi connectivity index (χ3v) is 5.44. The number of carbonyl (C=O) groups is 2. The topological polar surface area (TPSA) is 99.3 Å². The van der Waals surface area contributed by atoms with E-state index in [1.54, 1.807) is 24.5 Å². The zero-order chi connectivity index (χ0) is 24.2. The summed E-state index contributed by atoms with van der Waals surface area (Å²) in [6.45, 7) is 0. The molecule has 2 heterocycles. The third kappa shape index (κ3) is 4.84. The van der Waals surface area contributed by atoms with Crippen LogP contribution in [-0.4, -0.2) is 21.6 Å². The van der Waals surface area contributed by atoms with Gasteiger partial charge in [-0.05, 0) is 35.4 Å². The van der Waals surface area contributed by atoms with Gasteiger partial charge in [-0.25, -0.2) is 14.3 Å². The second-order valence-corrected chi connectivity index (χ2v) is 7.82. The van der Waals surface area contributed by atoms with Crippen molar-refractivity contribution in [1.82, 2.24) is 9.66 Å². The zero-order valence-electron chi connectivity index (χ0n) is 18.5. The second kappa shape index (κ2) is 9.44. The van der Waals surface area contributed by atoms with Crippen LogP contribution in [0.2, 0.25) is 0 Å². The summed E-state index contributed by atoms with van der Waals surface area (Å²) in [7, 11) is 0. The van der Waals surface area contributed by atoms with E-state index in [4.69, 9.17) is 15.3 Å². The Morgan fingerprint density at radius 2 is 1.20 bits per heavy atom. The summed E-state index contributed by atoms with van der Waals surface area (Å²) in [6, 6.07) is 28.9. The van der Waals surface area contributed by atoms with E-state index in [0.29, 0.717) is 11.4 Å². The Kier molecular flexibility index (Phi) is 5.88. The molecule has 0 bridgehead atoms. The number of esters is 2. The number of benzene rings is 3. The van der Waals surface area contributed by atoms with E-state index in [1.165, 1.54) is 28.9 Å². The molecule has 5 aromatic rings. The molecule has 0 spiro atoms. The lowest BCUT2D eigenvalue weighted by Crippen LogP contribution is -2.15. The highest BCUT2D eigenvalue weighted by Gasteiger charge is 2.16. The van der Waals surface area contributed by atoms with Crippen LogP contribution in [0.1, 0.15) is 20.7 Å². The first-order valence-electron chi connectivity index (χ1n) is 10.9. The van der Waals surface area contributed by atoms with Gasteiger partial charge in [0.05, 0.1) is 11.1 Å². The predicted octanol–water partition coefficient (Wildman–Crippen LogP) is 5.30. The number of nitrogens with zero attached hydrogens (tertiary/aromatic N) is 1. The lowest BCUT2D eigenvalue weighted by atomic mass is 10.1. The first-order chi connectivity index (χ1) is 17.1. The Balaban J connectivity index is 1.23. The van der Waals surface area contributed by atoms with Crippen molar-refractivity contribution in [3.63, 3.8) is 0 Å². The molecule has 172 valence electrons. The van der Waals surface area contributed by atoms with Gasteiger partial charge in [0.25, 0.3) is 0 Å². The number of rotatable bonds is 6. The maximum absolute atomic E-state index is 12.6. The largest absolute Gasteiger partial charge is 0.406 e. The van der Waals surface area contributed by atoms with Gasteiger partial charge in [0, 0.05) is 35.7 Å². The van der Waals surface area contributed by atoms with E-state index in [-0.39, 0.29) is 11.4 Å². The number of nitrogens with one attached hydrogen (secondary N) is 1. The first kappa shape index (κ1) is 21.8. The molecule has 2 aromatic heterocycles. The number of hydrogen-bond acceptors (Lipinski definition) is 5. The van der Waals surface area contributed by atoms with Gasteiger partial charge < -0.3 is 20.3 Å². The number of H-pyrrole nitrogens is 1. The molecule has 3 N–H and O–H groups in total. The number of carbonyl (C=O) groups excluding carboxylic acids is 2. The highest BCUT2D eigenvalue weighted by molar-refractivity contribution is 5.95. The van der Waals surface area contributed by atoms with Gasteiger partial charge in [-0.1, -0.05) is 60.7 Å². The van der Waals surface area contributed by atoms with Crippen molar-refractivity contribution in [3.05, 3.63) is 121 Å². The summed E-state index contributed by atoms with van der Waals surface area (Å²) >= 11 is 0. The molecule has 0 unspecified atom stereocenters. The molecule has 0 amide bonds. The SMILES string of the molecule is Nn1cc(-c2ccccc2)cc1OC(=O)c1ccc(C(=O)Oc2cc(-c3ccccc3)c[nH]2)cc1. The number of ether oxygens (including phenoxy) is 2. The number of aromatic amines is 1. The molecule has 3 aromatic carbocycles. The predicted molar refractivity (Wildman–Crippen MR) is 133 cm³/mol. The standard InChI is InChI=1S/C28H21N3O4/c29-31-18-24(20-9-5-2-6-10-20)16-26(31)35-28(33)22-13-11-21(12-14-22)27(32)34-25-15-23(17-30-25)19-7-3-1-4-8-19/h1-18,30H,29H2. The van der Waals surface area contributed by atoms with Gasteiger partial charge in [-0.2, -0.15) is 0 Å². The van der Waals surface area contributed by atoms with E-state index in [2.05, 4.69) is 4.98 Å². The molecular formula is C28H21N3O4. The molecule has 7 heteroatoms. The minimum atomic E-state index is -0.591. The Labute approximate surface area is 201 Å². The van der Waals surface area contributed by atoms with Crippen molar-refractivity contribution < 1.29 is 19.1 Å². The Morgan fingerprint density at radius 1 is 0.657 bits per heavy atom. The van der Waals surface area contributed by atoms with Crippen LogP contribution < -0.4 is 15.3 Å². The normalized spacial score (nSPS) is 10.6. The van der Waals surface area contributed by atoms with E-state index >= 15 is 0 Å². The van der Waals surface area contributed by atoms with Crippen LogP contribution in [0.25, 0.3) is 22.3 Å². The van der Waals surface area contributed by atoms with Gasteiger partial charge >= 0.3 is 11.9 Å². The highest BCUT2D eigenvalue weighted by Crippen LogP contribution is 2.26. The number of nitrogens with two attached hydrogens (primary N) is 1. The fraction of sp³-hybridized carbons (Fsp3) is 0. The number of nitrogen functional groups attached to an aromatic ring is 1. The Morgan fingerprint density at radius 3 is 1.80 bits per heavy atom. The van der Waals surface area contributed by atoms with E-state index in [1.807, 2.05) is 60.7 Å². The van der Waals surface area contributed by atoms with Gasteiger partial charge in [0.15, 0.2) is 0 Å². The van der Waals surface area contributed by atoms with Crippen molar-refractivity contribution in [3.8, 4) is 34.0 Å². The van der Waals surface area contributed by atoms with Crippen LogP contribution in [0.5, 0.6) is 11.8 Å². The Hall–Kier alpha value is -5.04. The highest BCUT2D eigenvalue weighted by atomic mass is 16.5. The number of aromatic nitrogens is 2. The van der Waals surface area contributed by atoms with Gasteiger partial charge in [0.2, 0.25) is 11.8 Å². The monoisotopic (exact) mass is 463 g/mol. The van der Waals surface area contributed by atoms with Crippen LogP contribution in [0, 0.1) is 0 Å². The summed E-state index contributed by atoms with van der Waals surface area (Å²) in [6.07, 6.45) is 3.45. The van der Waals surface area contributed by atoms with Crippen LogP contribution in [0.3, 0.4) is 0 Å². The molecule has 35 heavy (non-hydrogen) atoms. The lowest BCUT2D eigenvalue weighted by molar-refractivity contribution is 0.0711. The summed E-state index contributed by atoms with van der Waals surface area (Å²) < 4.78 is 12.1. The lowest BCUT2D eigenvalue weighted by Gasteiger charge is -2.06. The fourth-order valence-electron chi connectivity index (χ4n) is 3.61. The van der Waals surface area contributed by atoms with Gasteiger partial charge in [-0.3, -0.25) is 0 Å². The van der Waals surface area contributed by atoms with Crippen molar-refractivity contribution in [2.75, 3.05) is 5.84 Å². The summed E-state index contributed by atoms with van der Waals surface area (Å²) in [5, 5.41) is 0. The van der Waals surface area contributed by atoms with Crippen molar-refractivity contribution in [2.45, 2.75) is 0 Å². The van der Waals surface area contributed by atoms with E-state index in [9.17, 15) is 9.59 Å². The second-order valence-electron chi connectivity index (χ2n) is 7.82. The zero-order valence-corrected chi connectivity index (χ0v) is 18.5. The minimum Gasteiger partial charge on any atom is -0.406 e. The van der Waals surface area contributed by atoms with Gasteiger partial charge in [-0.15, -0.1) is 0 Å². The molecule has 5 rings (SSSR count). The molecule has 0 saturated heterocycles. The Bertz CT molecular complexity index is 1470. The minimum absolute atomic E-state index is 0.207. The maximum Gasteiger partial charge on any atom is 0.344 e. The van der Waals surface area contributed by atoms with Crippen LogP contribution >= 0.6 is 0 Å². The number of hydrogen-bond donors (Lipinski definition) is 2. The smallest absolute Gasteiger partial charge is 0.344 e. The summed E-state index contributed by atoms with van der Waals surface area (Å²) in [5.41, 5.74) is 4.27. The van der Waals surface area contributed by atoms with Crippen molar-refractivity contribution in [1.29, 1.82) is 0 Å². The third-order valence-electron chi connectivity index (χ3n) is 5.44. The molecule has 0 aliphatic rings. The molecule has 0 aliphatic carbocycles. The first-order valence-corrected chi connectivity index (χ1v) is 10.9. The molecular weight excluding hydrogens is 442 g/mol. The van der Waals surface area contributed by atoms with Crippen molar-refractivity contribution in [2.24, 2.45) is 0 Å². The average molecular weight is 463 g/mol. The fourth-order valence-corrected chi connectivity index (χ4v) is 3.61. The quantitative estimate of drug-likeness (QED) is 0.263. The summed E-state index contributed by atoms with van der Waals surface area (Å²) in [4.78, 5) is 28.1. The average Bonchev–Trinajstić information content (AvgIpc) is 3.52. The maximum atomic E-state index is 12.6. The molecule has 0 fully saturated rings. The van der Waals surface area contributed by atoms with E-state index < -0.39 is 11.9 Å². The molecule has 0 radical (unpaired) electrons. The molecule has 0 aliphatic heterocycles. The summed E-state index contributed by atoms with van der Waals surface area (Å²) in [5.74, 6) is 5.35. The van der Waals surface area contributed by atoms with Crippen LogP contribution in [0.4, 0.5) is 0 Å². The molecule has 7 nitrogen and oxygen atoms in total. The van der Waals surface area contributed by atoms with Crippen molar-refractivity contribution >= 4 is 11.9 Å².